The summed E-state index contributed by atoms with van der Waals surface area (Å²) in [5, 5.41) is 12.5. The van der Waals surface area contributed by atoms with Crippen molar-refractivity contribution in [1.82, 2.24) is 15.8 Å². The summed E-state index contributed by atoms with van der Waals surface area (Å²) in [5.74, 6) is 0.536. The summed E-state index contributed by atoms with van der Waals surface area (Å²) >= 11 is 0. The quantitative estimate of drug-likeness (QED) is 0.539. The molecule has 1 fully saturated rings. The van der Waals surface area contributed by atoms with Crippen molar-refractivity contribution in [1.29, 1.82) is 0 Å². The van der Waals surface area contributed by atoms with Crippen LogP contribution >= 0.6 is 0 Å². The highest BCUT2D eigenvalue weighted by Crippen LogP contribution is 2.29. The van der Waals surface area contributed by atoms with Crippen LogP contribution in [0.2, 0.25) is 0 Å². The van der Waals surface area contributed by atoms with Crippen molar-refractivity contribution >= 4 is 23.3 Å². The Morgan fingerprint density at radius 1 is 1.24 bits per heavy atom. The van der Waals surface area contributed by atoms with Crippen LogP contribution in [0, 0.1) is 25.6 Å². The van der Waals surface area contributed by atoms with E-state index in [4.69, 9.17) is 4.52 Å². The number of nitrogens with zero attached hydrogens (tertiary/aromatic N) is 2. The van der Waals surface area contributed by atoms with E-state index >= 15 is 0 Å². The Hall–Kier alpha value is -3.10. The van der Waals surface area contributed by atoms with Crippen LogP contribution in [0.3, 0.4) is 0 Å². The third kappa shape index (κ3) is 5.87. The van der Waals surface area contributed by atoms with Gasteiger partial charge in [0.2, 0.25) is 5.91 Å². The summed E-state index contributed by atoms with van der Waals surface area (Å²) in [6.45, 7) is 5.37. The lowest BCUT2D eigenvalue weighted by atomic mass is 9.84. The summed E-state index contributed by atoms with van der Waals surface area (Å²) in [6, 6.07) is 3.78. The molecule has 2 aromatic rings. The summed E-state index contributed by atoms with van der Waals surface area (Å²) in [7, 11) is 0. The Morgan fingerprint density at radius 2 is 2.03 bits per heavy atom. The Bertz CT molecular complexity index is 998. The van der Waals surface area contributed by atoms with Crippen LogP contribution < -0.4 is 20.9 Å². The van der Waals surface area contributed by atoms with Crippen molar-refractivity contribution < 1.29 is 18.5 Å². The molecule has 1 saturated carbocycles. The minimum atomic E-state index is -0.622. The molecular weight excluding hydrogens is 437 g/mol. The largest absolute Gasteiger partial charge is 0.369 e. The molecule has 0 saturated heterocycles. The van der Waals surface area contributed by atoms with Crippen LogP contribution in [0.15, 0.2) is 22.7 Å². The molecule has 9 heteroatoms. The normalized spacial score (nSPS) is 16.7. The minimum Gasteiger partial charge on any atom is -0.369 e. The van der Waals surface area contributed by atoms with Gasteiger partial charge in [0.15, 0.2) is 5.76 Å². The molecule has 0 radical (unpaired) electrons. The monoisotopic (exact) mass is 471 g/mol. The molecule has 3 N–H and O–H groups in total. The highest BCUT2D eigenvalue weighted by atomic mass is 19.1. The predicted octanol–water partition coefficient (Wildman–Crippen LogP) is 4.07. The van der Waals surface area contributed by atoms with Gasteiger partial charge in [-0.05, 0) is 56.4 Å². The van der Waals surface area contributed by atoms with Gasteiger partial charge in [0.25, 0.3) is 0 Å². The zero-order valence-corrected chi connectivity index (χ0v) is 20.0. The van der Waals surface area contributed by atoms with E-state index in [0.717, 1.165) is 37.1 Å². The van der Waals surface area contributed by atoms with E-state index in [2.05, 4.69) is 26.0 Å². The molecule has 8 nitrogen and oxygen atoms in total. The molecule has 0 spiro atoms. The number of hydrogen-bond donors (Lipinski definition) is 3. The van der Waals surface area contributed by atoms with Gasteiger partial charge in [0.05, 0.1) is 0 Å². The highest BCUT2D eigenvalue weighted by molar-refractivity contribution is 5.94. The SMILES string of the molecule is Cc1noc(C)c1NC(=O)NC(CC1CCCCC1)C(=O)NCCN1CCc2cc(F)ccc21. The van der Waals surface area contributed by atoms with E-state index < -0.39 is 12.1 Å². The van der Waals surface area contributed by atoms with Crippen LogP contribution in [0.25, 0.3) is 0 Å². The Morgan fingerprint density at radius 3 is 2.76 bits per heavy atom. The molecule has 1 atom stereocenters. The average Bonchev–Trinajstić information content (AvgIpc) is 3.36. The van der Waals surface area contributed by atoms with Crippen molar-refractivity contribution in [3.8, 4) is 0 Å². The summed E-state index contributed by atoms with van der Waals surface area (Å²) < 4.78 is 18.6. The van der Waals surface area contributed by atoms with Gasteiger partial charge < -0.3 is 25.4 Å². The van der Waals surface area contributed by atoms with Crippen LogP contribution in [0.5, 0.6) is 0 Å². The molecule has 1 aromatic heterocycles. The van der Waals surface area contributed by atoms with Gasteiger partial charge >= 0.3 is 6.03 Å². The van der Waals surface area contributed by atoms with Crippen molar-refractivity contribution in [2.75, 3.05) is 29.9 Å². The van der Waals surface area contributed by atoms with Crippen molar-refractivity contribution in [3.05, 3.63) is 41.0 Å². The number of halogens is 1. The van der Waals surface area contributed by atoms with E-state index in [-0.39, 0.29) is 11.7 Å². The first kappa shape index (κ1) is 24.0. The number of urea groups is 1. The molecule has 4 rings (SSSR count). The fourth-order valence-electron chi connectivity index (χ4n) is 5.07. The fraction of sp³-hybridized carbons (Fsp3) is 0.560. The van der Waals surface area contributed by atoms with Crippen LogP contribution in [-0.2, 0) is 11.2 Å². The van der Waals surface area contributed by atoms with Crippen LogP contribution in [-0.4, -0.2) is 42.8 Å². The van der Waals surface area contributed by atoms with E-state index in [1.165, 1.54) is 25.3 Å². The molecule has 2 aliphatic rings. The first-order chi connectivity index (χ1) is 16.4. The van der Waals surface area contributed by atoms with Gasteiger partial charge in [-0.1, -0.05) is 37.3 Å². The second-order valence-electron chi connectivity index (χ2n) is 9.39. The number of aromatic nitrogens is 1. The molecule has 0 bridgehead atoms. The van der Waals surface area contributed by atoms with Gasteiger partial charge in [0.1, 0.15) is 23.2 Å². The number of benzene rings is 1. The molecule has 1 aromatic carbocycles. The topological polar surface area (TPSA) is 99.5 Å². The maximum atomic E-state index is 13.5. The molecule has 34 heavy (non-hydrogen) atoms. The Kier molecular flexibility index (Phi) is 7.70. The number of carbonyl (C=O) groups is 2. The fourth-order valence-corrected chi connectivity index (χ4v) is 5.07. The second kappa shape index (κ2) is 10.9. The predicted molar refractivity (Wildman–Crippen MR) is 128 cm³/mol. The lowest BCUT2D eigenvalue weighted by Crippen LogP contribution is -2.50. The maximum absolute atomic E-state index is 13.5. The van der Waals surface area contributed by atoms with Gasteiger partial charge in [-0.2, -0.15) is 0 Å². The number of rotatable bonds is 8. The minimum absolute atomic E-state index is 0.182. The van der Waals surface area contributed by atoms with Gasteiger partial charge in [0, 0.05) is 25.3 Å². The zero-order chi connectivity index (χ0) is 24.1. The summed E-state index contributed by atoms with van der Waals surface area (Å²) in [4.78, 5) is 28.0. The number of hydrogen-bond acceptors (Lipinski definition) is 5. The standard InChI is InChI=1S/C25H34FN5O3/c1-16-23(17(2)34-30-16)29-25(33)28-21(14-18-6-4-3-5-7-18)24(32)27-11-13-31-12-10-19-15-20(26)8-9-22(19)31/h8-9,15,18,21H,3-7,10-14H2,1-2H3,(H,27,32)(H2,28,29,33). The van der Waals surface area contributed by atoms with Crippen molar-refractivity contribution in [3.63, 3.8) is 0 Å². The van der Waals surface area contributed by atoms with Crippen LogP contribution in [0.4, 0.5) is 20.6 Å². The number of anilines is 2. The third-order valence-corrected chi connectivity index (χ3v) is 6.90. The number of nitrogens with one attached hydrogen (secondary N) is 3. The zero-order valence-electron chi connectivity index (χ0n) is 20.0. The average molecular weight is 472 g/mol. The highest BCUT2D eigenvalue weighted by Gasteiger charge is 2.27. The number of aryl methyl sites for hydroxylation is 2. The summed E-state index contributed by atoms with van der Waals surface area (Å²) in [6.07, 6.45) is 7.14. The first-order valence-corrected chi connectivity index (χ1v) is 12.2. The van der Waals surface area contributed by atoms with Crippen molar-refractivity contribution in [2.24, 2.45) is 5.92 Å². The van der Waals surface area contributed by atoms with E-state index in [0.29, 0.717) is 42.6 Å². The Balaban J connectivity index is 1.34. The number of amides is 3. The molecule has 3 amide bonds. The lowest BCUT2D eigenvalue weighted by molar-refractivity contribution is -0.123. The molecule has 1 aliphatic carbocycles. The van der Waals surface area contributed by atoms with Gasteiger partial charge in [-0.3, -0.25) is 4.79 Å². The molecule has 1 aliphatic heterocycles. The van der Waals surface area contributed by atoms with E-state index in [1.54, 1.807) is 26.0 Å². The number of carbonyl (C=O) groups excluding carboxylic acids is 2. The molecular formula is C25H34FN5O3. The first-order valence-electron chi connectivity index (χ1n) is 12.2. The van der Waals surface area contributed by atoms with E-state index in [1.807, 2.05) is 0 Å². The van der Waals surface area contributed by atoms with Gasteiger partial charge in [-0.15, -0.1) is 0 Å². The Labute approximate surface area is 199 Å². The smallest absolute Gasteiger partial charge is 0.320 e. The maximum Gasteiger partial charge on any atom is 0.320 e. The van der Waals surface area contributed by atoms with Crippen LogP contribution in [0.1, 0.15) is 55.5 Å². The van der Waals surface area contributed by atoms with Crippen molar-refractivity contribution in [2.45, 2.75) is 64.8 Å². The number of fused-ring (bicyclic) bond motifs is 1. The molecule has 184 valence electrons. The second-order valence-corrected chi connectivity index (χ2v) is 9.39. The van der Waals surface area contributed by atoms with Gasteiger partial charge in [-0.25, -0.2) is 9.18 Å². The summed E-state index contributed by atoms with van der Waals surface area (Å²) in [5.41, 5.74) is 3.13. The third-order valence-electron chi connectivity index (χ3n) is 6.90. The lowest BCUT2D eigenvalue weighted by Gasteiger charge is -2.27. The molecule has 2 heterocycles. The van der Waals surface area contributed by atoms with E-state index in [9.17, 15) is 14.0 Å². The molecule has 1 unspecified atom stereocenters.